The fourth-order valence-electron chi connectivity index (χ4n) is 7.48. The first-order chi connectivity index (χ1) is 26.2. The summed E-state index contributed by atoms with van der Waals surface area (Å²) in [6.07, 6.45) is 0. The zero-order chi connectivity index (χ0) is 35.3. The summed E-state index contributed by atoms with van der Waals surface area (Å²) in [6.45, 7) is 0. The summed E-state index contributed by atoms with van der Waals surface area (Å²) in [5.41, 5.74) is 13.8. The van der Waals surface area contributed by atoms with E-state index in [1.807, 2.05) is 48.5 Å². The van der Waals surface area contributed by atoms with Gasteiger partial charge in [-0.05, 0) is 101 Å². The lowest BCUT2D eigenvalue weighted by Gasteiger charge is -2.26. The molecule has 0 N–H and O–H groups in total. The molecule has 2 aromatic heterocycles. The molecular formula is C49H30N2O2. The van der Waals surface area contributed by atoms with Crippen LogP contribution in [0.25, 0.3) is 77.3 Å². The number of furan rings is 2. The lowest BCUT2D eigenvalue weighted by Crippen LogP contribution is -2.10. The van der Waals surface area contributed by atoms with Gasteiger partial charge >= 0.3 is 0 Å². The Morgan fingerprint density at radius 3 is 1.64 bits per heavy atom. The Labute approximate surface area is 306 Å². The lowest BCUT2D eigenvalue weighted by atomic mass is 10.00. The number of hydrogen-bond donors (Lipinski definition) is 0. The molecule has 0 spiro atoms. The van der Waals surface area contributed by atoms with Crippen LogP contribution < -0.4 is 4.90 Å². The van der Waals surface area contributed by atoms with E-state index in [4.69, 9.17) is 8.83 Å². The van der Waals surface area contributed by atoms with Gasteiger partial charge in [0.15, 0.2) is 0 Å². The second kappa shape index (κ2) is 12.5. The third kappa shape index (κ3) is 5.31. The molecule has 0 atom stereocenters. The highest BCUT2D eigenvalue weighted by atomic mass is 16.3. The Morgan fingerprint density at radius 1 is 0.377 bits per heavy atom. The number of rotatable bonds is 6. The van der Waals surface area contributed by atoms with Crippen LogP contribution in [-0.2, 0) is 0 Å². The largest absolute Gasteiger partial charge is 0.456 e. The summed E-state index contributed by atoms with van der Waals surface area (Å²) >= 11 is 0. The predicted octanol–water partition coefficient (Wildman–Crippen LogP) is 13.8. The maximum atomic E-state index is 9.28. The van der Waals surface area contributed by atoms with Crippen LogP contribution >= 0.6 is 0 Å². The fraction of sp³-hybridized carbons (Fsp3) is 0. The highest BCUT2D eigenvalue weighted by Crippen LogP contribution is 2.41. The van der Waals surface area contributed by atoms with E-state index in [2.05, 4.69) is 144 Å². The second-order valence-electron chi connectivity index (χ2n) is 13.3. The van der Waals surface area contributed by atoms with Crippen molar-refractivity contribution < 1.29 is 8.83 Å². The van der Waals surface area contributed by atoms with Gasteiger partial charge in [0.05, 0.1) is 11.6 Å². The Kier molecular flexibility index (Phi) is 7.16. The molecule has 10 aromatic rings. The van der Waals surface area contributed by atoms with E-state index < -0.39 is 0 Å². The maximum Gasteiger partial charge on any atom is 0.143 e. The highest BCUT2D eigenvalue weighted by molar-refractivity contribution is 6.09. The van der Waals surface area contributed by atoms with E-state index in [0.717, 1.165) is 94.3 Å². The number of hydrogen-bond acceptors (Lipinski definition) is 4. The van der Waals surface area contributed by atoms with E-state index in [1.165, 1.54) is 0 Å². The topological polar surface area (TPSA) is 53.3 Å². The van der Waals surface area contributed by atoms with Crippen molar-refractivity contribution in [2.24, 2.45) is 0 Å². The minimum atomic E-state index is 0.650. The SMILES string of the molecule is N#Cc1ccc(-c2ccc(N(c3ccc(-c4cccc5c4oc4ccccc45)cc3)c3cccc(-c4ccc5oc6ccccc6c5c4)c3)cc2)cc1. The average molecular weight is 679 g/mol. The summed E-state index contributed by atoms with van der Waals surface area (Å²) in [4.78, 5) is 2.30. The lowest BCUT2D eigenvalue weighted by molar-refractivity contribution is 0.669. The van der Waals surface area contributed by atoms with Crippen LogP contribution in [0.3, 0.4) is 0 Å². The summed E-state index contributed by atoms with van der Waals surface area (Å²) in [6, 6.07) is 65.1. The van der Waals surface area contributed by atoms with Gasteiger partial charge in [-0.1, -0.05) is 109 Å². The summed E-state index contributed by atoms with van der Waals surface area (Å²) in [5.74, 6) is 0. The summed E-state index contributed by atoms with van der Waals surface area (Å²) in [7, 11) is 0. The average Bonchev–Trinajstić information content (AvgIpc) is 3.80. The van der Waals surface area contributed by atoms with Crippen LogP contribution in [0, 0.1) is 11.3 Å². The van der Waals surface area contributed by atoms with E-state index in [0.29, 0.717) is 5.56 Å². The Hall–Kier alpha value is -7.35. The molecule has 0 bridgehead atoms. The molecule has 4 nitrogen and oxygen atoms in total. The van der Waals surface area contributed by atoms with Crippen molar-refractivity contribution in [1.29, 1.82) is 5.26 Å². The van der Waals surface area contributed by atoms with Gasteiger partial charge in [-0.25, -0.2) is 0 Å². The summed E-state index contributed by atoms with van der Waals surface area (Å²) in [5, 5.41) is 13.7. The third-order valence-corrected chi connectivity index (χ3v) is 10.1. The number of para-hydroxylation sites is 3. The first-order valence-corrected chi connectivity index (χ1v) is 17.6. The molecule has 10 rings (SSSR count). The quantitative estimate of drug-likeness (QED) is 0.176. The maximum absolute atomic E-state index is 9.28. The van der Waals surface area contributed by atoms with Crippen molar-refractivity contribution in [2.45, 2.75) is 0 Å². The van der Waals surface area contributed by atoms with Crippen LogP contribution in [-0.4, -0.2) is 0 Å². The monoisotopic (exact) mass is 678 g/mol. The van der Waals surface area contributed by atoms with Crippen molar-refractivity contribution >= 4 is 60.9 Å². The van der Waals surface area contributed by atoms with Gasteiger partial charge in [0.2, 0.25) is 0 Å². The molecule has 0 aliphatic rings. The first-order valence-electron chi connectivity index (χ1n) is 17.6. The molecule has 0 fully saturated rings. The molecule has 0 saturated carbocycles. The van der Waals surface area contributed by atoms with E-state index in [9.17, 15) is 5.26 Å². The van der Waals surface area contributed by atoms with Gasteiger partial charge in [0.1, 0.15) is 22.3 Å². The van der Waals surface area contributed by atoms with Gasteiger partial charge < -0.3 is 13.7 Å². The molecule has 53 heavy (non-hydrogen) atoms. The number of fused-ring (bicyclic) bond motifs is 6. The van der Waals surface area contributed by atoms with Crippen molar-refractivity contribution in [3.8, 4) is 39.4 Å². The van der Waals surface area contributed by atoms with Gasteiger partial charge in [0, 0.05) is 44.2 Å². The third-order valence-electron chi connectivity index (χ3n) is 10.1. The molecular weight excluding hydrogens is 649 g/mol. The van der Waals surface area contributed by atoms with Crippen LogP contribution in [0.4, 0.5) is 17.1 Å². The Bertz CT molecular complexity index is 3000. The van der Waals surface area contributed by atoms with Crippen molar-refractivity contribution in [3.63, 3.8) is 0 Å². The van der Waals surface area contributed by atoms with Crippen LogP contribution in [0.1, 0.15) is 5.56 Å². The molecule has 8 aromatic carbocycles. The first kappa shape index (κ1) is 30.5. The minimum Gasteiger partial charge on any atom is -0.456 e. The van der Waals surface area contributed by atoms with Gasteiger partial charge in [0.25, 0.3) is 0 Å². The minimum absolute atomic E-state index is 0.650. The van der Waals surface area contributed by atoms with Crippen molar-refractivity contribution in [2.75, 3.05) is 4.90 Å². The van der Waals surface area contributed by atoms with Crippen LogP contribution in [0.5, 0.6) is 0 Å². The van der Waals surface area contributed by atoms with Crippen molar-refractivity contribution in [3.05, 3.63) is 188 Å². The molecule has 4 heteroatoms. The second-order valence-corrected chi connectivity index (χ2v) is 13.3. The number of nitrogens with zero attached hydrogens (tertiary/aromatic N) is 2. The fourth-order valence-corrected chi connectivity index (χ4v) is 7.48. The Morgan fingerprint density at radius 2 is 0.925 bits per heavy atom. The zero-order valence-electron chi connectivity index (χ0n) is 28.5. The normalized spacial score (nSPS) is 11.4. The number of nitriles is 1. The standard InChI is InChI=1S/C49H30N2O2/c50-31-32-15-17-33(18-16-32)34-19-24-38(25-20-34)51(39-26-21-35(22-27-39)41-11-6-12-44-42-9-1-4-14-47(42)53-49(41)44)40-8-5-7-36(29-40)37-23-28-48-45(30-37)43-10-2-3-13-46(43)52-48/h1-30H. The van der Waals surface area contributed by atoms with Gasteiger partial charge in [-0.2, -0.15) is 5.26 Å². The number of benzene rings is 8. The van der Waals surface area contributed by atoms with Crippen LogP contribution in [0.15, 0.2) is 191 Å². The molecule has 0 radical (unpaired) electrons. The zero-order valence-corrected chi connectivity index (χ0v) is 28.5. The molecule has 2 heterocycles. The molecule has 0 aliphatic carbocycles. The summed E-state index contributed by atoms with van der Waals surface area (Å²) < 4.78 is 12.5. The van der Waals surface area contributed by atoms with Crippen LogP contribution in [0.2, 0.25) is 0 Å². The molecule has 248 valence electrons. The molecule has 0 aliphatic heterocycles. The molecule has 0 unspecified atom stereocenters. The van der Waals surface area contributed by atoms with E-state index in [-0.39, 0.29) is 0 Å². The van der Waals surface area contributed by atoms with Crippen molar-refractivity contribution in [1.82, 2.24) is 0 Å². The number of anilines is 3. The van der Waals surface area contributed by atoms with Gasteiger partial charge in [-0.3, -0.25) is 0 Å². The molecule has 0 amide bonds. The Balaban J connectivity index is 1.07. The van der Waals surface area contributed by atoms with E-state index in [1.54, 1.807) is 0 Å². The van der Waals surface area contributed by atoms with Gasteiger partial charge in [-0.15, -0.1) is 0 Å². The van der Waals surface area contributed by atoms with E-state index >= 15 is 0 Å². The highest BCUT2D eigenvalue weighted by Gasteiger charge is 2.17. The molecule has 0 saturated heterocycles. The smallest absolute Gasteiger partial charge is 0.143 e. The predicted molar refractivity (Wildman–Crippen MR) is 217 cm³/mol.